The van der Waals surface area contributed by atoms with Gasteiger partial charge in [-0.25, -0.2) is 8.42 Å². The minimum atomic E-state index is -3.09. The SMILES string of the molecule is Cc1ccccc1Nc1nnc(SCC(=O)N(Cc2ccccc2)C2CCS(=O)(=O)C2)s1. The smallest absolute Gasteiger partial charge is 0.233 e. The number of nitrogens with zero attached hydrogens (tertiary/aromatic N) is 3. The van der Waals surface area contributed by atoms with Crippen molar-refractivity contribution in [2.75, 3.05) is 22.6 Å². The fraction of sp³-hybridized carbons (Fsp3) is 0.318. The summed E-state index contributed by atoms with van der Waals surface area (Å²) in [6.45, 7) is 2.42. The molecule has 0 spiro atoms. The highest BCUT2D eigenvalue weighted by Gasteiger charge is 2.34. The summed E-state index contributed by atoms with van der Waals surface area (Å²) in [5, 5.41) is 12.3. The Kier molecular flexibility index (Phi) is 7.12. The average Bonchev–Trinajstić information content (AvgIpc) is 3.38. The van der Waals surface area contributed by atoms with E-state index in [9.17, 15) is 13.2 Å². The zero-order chi connectivity index (χ0) is 22.6. The van der Waals surface area contributed by atoms with E-state index in [1.165, 1.54) is 23.1 Å². The molecule has 168 valence electrons. The molecule has 1 fully saturated rings. The van der Waals surface area contributed by atoms with Crippen LogP contribution in [0.2, 0.25) is 0 Å². The third kappa shape index (κ3) is 5.87. The summed E-state index contributed by atoms with van der Waals surface area (Å²) in [5.74, 6) is 0.250. The van der Waals surface area contributed by atoms with Gasteiger partial charge in [0.25, 0.3) is 0 Å². The number of thioether (sulfide) groups is 1. The van der Waals surface area contributed by atoms with Crippen LogP contribution >= 0.6 is 23.1 Å². The van der Waals surface area contributed by atoms with E-state index in [4.69, 9.17) is 0 Å². The number of aryl methyl sites for hydroxylation is 1. The third-order valence-corrected chi connectivity index (χ3v) is 8.98. The van der Waals surface area contributed by atoms with E-state index in [1.807, 2.05) is 61.5 Å². The molecule has 1 aromatic heterocycles. The van der Waals surface area contributed by atoms with Gasteiger partial charge in [-0.3, -0.25) is 4.79 Å². The van der Waals surface area contributed by atoms with Crippen molar-refractivity contribution in [2.45, 2.75) is 30.3 Å². The van der Waals surface area contributed by atoms with Crippen LogP contribution < -0.4 is 5.32 Å². The van der Waals surface area contributed by atoms with Crippen molar-refractivity contribution in [3.05, 3.63) is 65.7 Å². The molecule has 10 heteroatoms. The van der Waals surface area contributed by atoms with Crippen molar-refractivity contribution in [1.82, 2.24) is 15.1 Å². The van der Waals surface area contributed by atoms with E-state index >= 15 is 0 Å². The Morgan fingerprint density at radius 2 is 1.91 bits per heavy atom. The summed E-state index contributed by atoms with van der Waals surface area (Å²) in [5.41, 5.74) is 3.05. The van der Waals surface area contributed by atoms with Crippen LogP contribution in [0.15, 0.2) is 58.9 Å². The van der Waals surface area contributed by atoms with Gasteiger partial charge in [0.05, 0.1) is 17.3 Å². The molecule has 3 aromatic rings. The number of hydrogen-bond donors (Lipinski definition) is 1. The molecule has 1 N–H and O–H groups in total. The summed E-state index contributed by atoms with van der Waals surface area (Å²) < 4.78 is 24.7. The number of carbonyl (C=O) groups is 1. The lowest BCUT2D eigenvalue weighted by molar-refractivity contribution is -0.130. The van der Waals surface area contributed by atoms with Crippen molar-refractivity contribution in [1.29, 1.82) is 0 Å². The number of benzene rings is 2. The molecule has 0 aliphatic carbocycles. The number of carbonyl (C=O) groups excluding carboxylic acids is 1. The van der Waals surface area contributed by atoms with Crippen LogP contribution in [-0.2, 0) is 21.2 Å². The molecular weight excluding hydrogens is 464 g/mol. The third-order valence-electron chi connectivity index (χ3n) is 5.28. The zero-order valence-corrected chi connectivity index (χ0v) is 20.0. The lowest BCUT2D eigenvalue weighted by Crippen LogP contribution is -2.41. The predicted molar refractivity (Wildman–Crippen MR) is 129 cm³/mol. The number of sulfone groups is 1. The minimum Gasteiger partial charge on any atom is -0.334 e. The van der Waals surface area contributed by atoms with Crippen LogP contribution in [0.5, 0.6) is 0 Å². The van der Waals surface area contributed by atoms with Crippen LogP contribution in [0.4, 0.5) is 10.8 Å². The number of rotatable bonds is 8. The van der Waals surface area contributed by atoms with Gasteiger partial charge in [0, 0.05) is 18.3 Å². The van der Waals surface area contributed by atoms with Crippen molar-refractivity contribution in [3.8, 4) is 0 Å². The molecule has 32 heavy (non-hydrogen) atoms. The molecule has 2 heterocycles. The molecule has 1 atom stereocenters. The highest BCUT2D eigenvalue weighted by molar-refractivity contribution is 8.01. The number of hydrogen-bond acceptors (Lipinski definition) is 8. The number of aromatic nitrogens is 2. The summed E-state index contributed by atoms with van der Waals surface area (Å²) in [6.07, 6.45) is 0.481. The standard InChI is InChI=1S/C22H24N4O3S3/c1-16-7-5-6-10-19(16)23-21-24-25-22(31-21)30-14-20(27)26(13-17-8-3-2-4-9-17)18-11-12-32(28,29)15-18/h2-10,18H,11-15H2,1H3,(H,23,24). The molecule has 4 rings (SSSR count). The molecule has 1 amide bonds. The Labute approximate surface area is 196 Å². The van der Waals surface area contributed by atoms with Gasteiger partial charge in [-0.1, -0.05) is 71.6 Å². The topological polar surface area (TPSA) is 92.3 Å². The van der Waals surface area contributed by atoms with Crippen LogP contribution in [0, 0.1) is 6.92 Å². The zero-order valence-electron chi connectivity index (χ0n) is 17.6. The monoisotopic (exact) mass is 488 g/mol. The fourth-order valence-electron chi connectivity index (χ4n) is 3.58. The molecule has 0 radical (unpaired) electrons. The Morgan fingerprint density at radius 1 is 1.16 bits per heavy atom. The molecular formula is C22H24N4O3S3. The molecule has 1 aliphatic rings. The molecule has 0 saturated carbocycles. The summed E-state index contributed by atoms with van der Waals surface area (Å²) >= 11 is 2.72. The lowest BCUT2D eigenvalue weighted by atomic mass is 10.1. The Hall–Kier alpha value is -2.43. The van der Waals surface area contributed by atoms with Crippen LogP contribution in [0.1, 0.15) is 17.5 Å². The summed E-state index contributed by atoms with van der Waals surface area (Å²) in [7, 11) is -3.09. The summed E-state index contributed by atoms with van der Waals surface area (Å²) in [4.78, 5) is 14.8. The van der Waals surface area contributed by atoms with E-state index in [2.05, 4.69) is 15.5 Å². The first-order valence-electron chi connectivity index (χ1n) is 10.2. The van der Waals surface area contributed by atoms with Crippen LogP contribution in [-0.4, -0.2) is 52.7 Å². The first-order chi connectivity index (χ1) is 15.4. The first kappa shape index (κ1) is 22.8. The van der Waals surface area contributed by atoms with E-state index in [-0.39, 0.29) is 29.2 Å². The normalized spacial score (nSPS) is 17.2. The molecule has 1 saturated heterocycles. The Balaban J connectivity index is 1.41. The van der Waals surface area contributed by atoms with Crippen molar-refractivity contribution < 1.29 is 13.2 Å². The molecule has 1 aliphatic heterocycles. The Bertz CT molecular complexity index is 1180. The highest BCUT2D eigenvalue weighted by Crippen LogP contribution is 2.29. The van der Waals surface area contributed by atoms with Gasteiger partial charge >= 0.3 is 0 Å². The van der Waals surface area contributed by atoms with Gasteiger partial charge in [-0.15, -0.1) is 10.2 Å². The second-order valence-corrected chi connectivity index (χ2v) is 12.1. The number of nitrogens with one attached hydrogen (secondary N) is 1. The lowest BCUT2D eigenvalue weighted by Gasteiger charge is -2.28. The van der Waals surface area contributed by atoms with E-state index in [0.717, 1.165) is 16.8 Å². The second-order valence-electron chi connectivity index (χ2n) is 7.67. The van der Waals surface area contributed by atoms with Gasteiger partial charge in [0.15, 0.2) is 14.2 Å². The molecule has 7 nitrogen and oxygen atoms in total. The maximum atomic E-state index is 13.1. The minimum absolute atomic E-state index is 0.0273. The molecule has 1 unspecified atom stereocenters. The quantitative estimate of drug-likeness (QED) is 0.481. The van der Waals surface area contributed by atoms with E-state index in [1.54, 1.807) is 4.90 Å². The van der Waals surface area contributed by atoms with Crippen molar-refractivity contribution in [3.63, 3.8) is 0 Å². The highest BCUT2D eigenvalue weighted by atomic mass is 32.2. The maximum absolute atomic E-state index is 13.1. The largest absolute Gasteiger partial charge is 0.334 e. The van der Waals surface area contributed by atoms with Crippen LogP contribution in [0.3, 0.4) is 0 Å². The van der Waals surface area contributed by atoms with Gasteiger partial charge in [0.1, 0.15) is 0 Å². The Morgan fingerprint density at radius 3 is 2.62 bits per heavy atom. The van der Waals surface area contributed by atoms with E-state index in [0.29, 0.717) is 22.4 Å². The molecule has 0 bridgehead atoms. The van der Waals surface area contributed by atoms with Crippen LogP contribution in [0.25, 0.3) is 0 Å². The van der Waals surface area contributed by atoms with Gasteiger partial charge in [0.2, 0.25) is 11.0 Å². The molecule has 2 aromatic carbocycles. The van der Waals surface area contributed by atoms with Gasteiger partial charge < -0.3 is 10.2 Å². The van der Waals surface area contributed by atoms with Gasteiger partial charge in [-0.05, 0) is 30.5 Å². The number of amides is 1. The number of para-hydroxylation sites is 1. The van der Waals surface area contributed by atoms with E-state index < -0.39 is 9.84 Å². The first-order valence-corrected chi connectivity index (χ1v) is 13.8. The van der Waals surface area contributed by atoms with Crippen molar-refractivity contribution >= 4 is 49.7 Å². The summed E-state index contributed by atoms with van der Waals surface area (Å²) in [6, 6.07) is 17.3. The average molecular weight is 489 g/mol. The van der Waals surface area contributed by atoms with Crippen molar-refractivity contribution in [2.24, 2.45) is 0 Å². The predicted octanol–water partition coefficient (Wildman–Crippen LogP) is 3.90. The second kappa shape index (κ2) is 10.0. The number of anilines is 2. The maximum Gasteiger partial charge on any atom is 0.233 e. The fourth-order valence-corrected chi connectivity index (χ4v) is 6.96. The van der Waals surface area contributed by atoms with Gasteiger partial charge in [-0.2, -0.15) is 0 Å².